The van der Waals surface area contributed by atoms with E-state index in [0.29, 0.717) is 11.4 Å². The second-order valence-electron chi connectivity index (χ2n) is 6.03. The molecule has 0 radical (unpaired) electrons. The first-order valence-electron chi connectivity index (χ1n) is 8.53. The van der Waals surface area contributed by atoms with E-state index in [1.807, 2.05) is 13.0 Å². The second-order valence-corrected chi connectivity index (χ2v) is 6.43. The summed E-state index contributed by atoms with van der Waals surface area (Å²) >= 11 is 5.84. The van der Waals surface area contributed by atoms with Gasteiger partial charge in [0.15, 0.2) is 6.61 Å². The van der Waals surface area contributed by atoms with Crippen molar-refractivity contribution in [2.45, 2.75) is 6.92 Å². The average Bonchev–Trinajstić information content (AvgIpc) is 2.70. The quantitative estimate of drug-likeness (QED) is 0.369. The molecule has 0 saturated heterocycles. The number of nitrogens with one attached hydrogen (secondary N) is 2. The van der Waals surface area contributed by atoms with Gasteiger partial charge in [0.1, 0.15) is 5.75 Å². The van der Waals surface area contributed by atoms with Gasteiger partial charge < -0.3 is 20.1 Å². The fourth-order valence-corrected chi connectivity index (χ4v) is 2.53. The lowest BCUT2D eigenvalue weighted by Crippen LogP contribution is -2.35. The zero-order chi connectivity index (χ0) is 22.3. The van der Waals surface area contributed by atoms with Crippen molar-refractivity contribution in [1.29, 1.82) is 0 Å². The van der Waals surface area contributed by atoms with Crippen molar-refractivity contribution in [3.8, 4) is 5.75 Å². The molecule has 158 valence electrons. The van der Waals surface area contributed by atoms with E-state index in [0.717, 1.165) is 17.7 Å². The Morgan fingerprint density at radius 1 is 1.13 bits per heavy atom. The van der Waals surface area contributed by atoms with Gasteiger partial charge in [-0.25, -0.2) is 4.79 Å². The van der Waals surface area contributed by atoms with E-state index in [4.69, 9.17) is 21.1 Å². The van der Waals surface area contributed by atoms with Crippen LogP contribution in [0.4, 0.5) is 11.4 Å². The van der Waals surface area contributed by atoms with Gasteiger partial charge in [0.2, 0.25) is 5.91 Å². The standard InChI is InChI=1S/C19H18ClN3O7/c1-11-3-6-16(29-2)15(7-11)22-17(24)9-21-18(25)10-30-19(26)13-8-12(23(27)28)4-5-14(13)20/h3-8H,9-10H2,1-2H3,(H,21,25)(H,22,24). The second kappa shape index (κ2) is 10.2. The molecule has 0 aliphatic heterocycles. The highest BCUT2D eigenvalue weighted by molar-refractivity contribution is 6.33. The van der Waals surface area contributed by atoms with Crippen LogP contribution in [0.5, 0.6) is 5.75 Å². The minimum absolute atomic E-state index is 0.0579. The van der Waals surface area contributed by atoms with Gasteiger partial charge in [0.05, 0.1) is 34.9 Å². The molecule has 2 rings (SSSR count). The minimum atomic E-state index is -1.01. The molecule has 0 fully saturated rings. The van der Waals surface area contributed by atoms with Gasteiger partial charge in [-0.1, -0.05) is 17.7 Å². The van der Waals surface area contributed by atoms with E-state index in [1.165, 1.54) is 13.2 Å². The topological polar surface area (TPSA) is 137 Å². The maximum Gasteiger partial charge on any atom is 0.340 e. The van der Waals surface area contributed by atoms with Gasteiger partial charge in [-0.15, -0.1) is 0 Å². The van der Waals surface area contributed by atoms with Crippen LogP contribution in [0.1, 0.15) is 15.9 Å². The number of nitrogens with zero attached hydrogens (tertiary/aromatic N) is 1. The van der Waals surface area contributed by atoms with Gasteiger partial charge in [-0.3, -0.25) is 19.7 Å². The Labute approximate surface area is 176 Å². The molecule has 0 saturated carbocycles. The van der Waals surface area contributed by atoms with E-state index in [2.05, 4.69) is 10.6 Å². The monoisotopic (exact) mass is 435 g/mol. The van der Waals surface area contributed by atoms with Crippen LogP contribution in [-0.2, 0) is 14.3 Å². The summed E-state index contributed by atoms with van der Waals surface area (Å²) in [6, 6.07) is 8.49. The number of benzene rings is 2. The van der Waals surface area contributed by atoms with Crippen LogP contribution in [0.25, 0.3) is 0 Å². The fourth-order valence-electron chi connectivity index (χ4n) is 2.34. The van der Waals surface area contributed by atoms with Crippen molar-refractivity contribution in [3.05, 3.63) is 62.7 Å². The molecule has 2 amide bonds. The Balaban J connectivity index is 1.86. The molecule has 0 atom stereocenters. The summed E-state index contributed by atoms with van der Waals surface area (Å²) in [5.74, 6) is -1.80. The Morgan fingerprint density at radius 3 is 2.53 bits per heavy atom. The molecule has 10 nitrogen and oxygen atoms in total. The van der Waals surface area contributed by atoms with Crippen LogP contribution in [-0.4, -0.2) is 43.0 Å². The smallest absolute Gasteiger partial charge is 0.340 e. The summed E-state index contributed by atoms with van der Waals surface area (Å²) in [6.45, 7) is 0.781. The number of halogens is 1. The lowest BCUT2D eigenvalue weighted by atomic mass is 10.2. The highest BCUT2D eigenvalue weighted by Gasteiger charge is 2.18. The van der Waals surface area contributed by atoms with Crippen molar-refractivity contribution in [3.63, 3.8) is 0 Å². The van der Waals surface area contributed by atoms with Crippen molar-refractivity contribution >= 4 is 40.8 Å². The molecule has 0 heterocycles. The highest BCUT2D eigenvalue weighted by Crippen LogP contribution is 2.25. The average molecular weight is 436 g/mol. The Morgan fingerprint density at radius 2 is 1.87 bits per heavy atom. The number of nitro groups is 1. The van der Waals surface area contributed by atoms with E-state index in [-0.39, 0.29) is 22.8 Å². The predicted octanol–water partition coefficient (Wildman–Crippen LogP) is 2.48. The number of amides is 2. The number of anilines is 1. The van der Waals surface area contributed by atoms with Crippen molar-refractivity contribution in [2.24, 2.45) is 0 Å². The lowest BCUT2D eigenvalue weighted by molar-refractivity contribution is -0.384. The first kappa shape index (κ1) is 22.6. The largest absolute Gasteiger partial charge is 0.495 e. The predicted molar refractivity (Wildman–Crippen MR) is 108 cm³/mol. The van der Waals surface area contributed by atoms with Gasteiger partial charge in [0.25, 0.3) is 11.6 Å². The third-order valence-corrected chi connectivity index (χ3v) is 4.12. The number of hydrogen-bond donors (Lipinski definition) is 2. The lowest BCUT2D eigenvalue weighted by Gasteiger charge is -2.11. The van der Waals surface area contributed by atoms with Crippen LogP contribution in [0.15, 0.2) is 36.4 Å². The van der Waals surface area contributed by atoms with Crippen LogP contribution in [0, 0.1) is 17.0 Å². The molecule has 2 aromatic carbocycles. The number of methoxy groups -OCH3 is 1. The number of carbonyl (C=O) groups is 3. The van der Waals surface area contributed by atoms with Crippen LogP contribution < -0.4 is 15.4 Å². The maximum absolute atomic E-state index is 12.0. The van der Waals surface area contributed by atoms with Crippen molar-refractivity contribution < 1.29 is 28.8 Å². The molecule has 0 aromatic heterocycles. The summed E-state index contributed by atoms with van der Waals surface area (Å²) in [4.78, 5) is 46.0. The summed E-state index contributed by atoms with van der Waals surface area (Å²) in [5, 5.41) is 15.6. The summed E-state index contributed by atoms with van der Waals surface area (Å²) in [6.07, 6.45) is 0. The summed E-state index contributed by atoms with van der Waals surface area (Å²) in [7, 11) is 1.46. The third-order valence-electron chi connectivity index (χ3n) is 3.79. The van der Waals surface area contributed by atoms with Crippen molar-refractivity contribution in [2.75, 3.05) is 25.6 Å². The molecule has 0 spiro atoms. The Kier molecular flexibility index (Phi) is 7.70. The normalized spacial score (nSPS) is 10.1. The molecular formula is C19H18ClN3O7. The molecule has 2 N–H and O–H groups in total. The van der Waals surface area contributed by atoms with Gasteiger partial charge >= 0.3 is 5.97 Å². The van der Waals surface area contributed by atoms with Crippen LogP contribution in [0.2, 0.25) is 5.02 Å². The van der Waals surface area contributed by atoms with Crippen molar-refractivity contribution in [1.82, 2.24) is 5.32 Å². The molecule has 0 aliphatic rings. The van der Waals surface area contributed by atoms with E-state index in [9.17, 15) is 24.5 Å². The number of ether oxygens (including phenoxy) is 2. The van der Waals surface area contributed by atoms with Crippen LogP contribution in [0.3, 0.4) is 0 Å². The minimum Gasteiger partial charge on any atom is -0.495 e. The summed E-state index contributed by atoms with van der Waals surface area (Å²) < 4.78 is 9.95. The van der Waals surface area contributed by atoms with Crippen LogP contribution >= 0.6 is 11.6 Å². The zero-order valence-corrected chi connectivity index (χ0v) is 16.8. The number of nitro benzene ring substituents is 1. The van der Waals surface area contributed by atoms with E-state index in [1.54, 1.807) is 12.1 Å². The van der Waals surface area contributed by atoms with E-state index < -0.39 is 29.3 Å². The SMILES string of the molecule is COc1ccc(C)cc1NC(=O)CNC(=O)COC(=O)c1cc([N+](=O)[O-])ccc1Cl. The molecule has 11 heteroatoms. The third kappa shape index (κ3) is 6.17. The Bertz CT molecular complexity index is 994. The first-order chi connectivity index (χ1) is 14.2. The molecule has 0 unspecified atom stereocenters. The number of carbonyl (C=O) groups excluding carboxylic acids is 3. The summed E-state index contributed by atoms with van der Waals surface area (Å²) in [5.41, 5.74) is 0.757. The molecular weight excluding hydrogens is 418 g/mol. The maximum atomic E-state index is 12.0. The fraction of sp³-hybridized carbons (Fsp3) is 0.211. The number of rotatable bonds is 8. The van der Waals surface area contributed by atoms with Gasteiger partial charge in [-0.05, 0) is 30.7 Å². The zero-order valence-electron chi connectivity index (χ0n) is 16.1. The number of non-ortho nitro benzene ring substituents is 1. The molecule has 0 aliphatic carbocycles. The van der Waals surface area contributed by atoms with Gasteiger partial charge in [-0.2, -0.15) is 0 Å². The molecule has 2 aromatic rings. The number of esters is 1. The molecule has 30 heavy (non-hydrogen) atoms. The first-order valence-corrected chi connectivity index (χ1v) is 8.91. The number of aryl methyl sites for hydroxylation is 1. The van der Waals surface area contributed by atoms with Gasteiger partial charge in [0, 0.05) is 12.1 Å². The molecule has 0 bridgehead atoms. The number of hydrogen-bond acceptors (Lipinski definition) is 7. The Hall–Kier alpha value is -3.66. The van der Waals surface area contributed by atoms with E-state index >= 15 is 0 Å². The highest BCUT2D eigenvalue weighted by atomic mass is 35.5.